The number of amides is 1. The quantitative estimate of drug-likeness (QED) is 0.518. The lowest BCUT2D eigenvalue weighted by atomic mass is 9.91. The second-order valence-corrected chi connectivity index (χ2v) is 6.26. The Labute approximate surface area is 133 Å². The highest BCUT2D eigenvalue weighted by molar-refractivity contribution is 5.79. The fourth-order valence-corrected chi connectivity index (χ4v) is 1.89. The Bertz CT molecular complexity index is 637. The van der Waals surface area contributed by atoms with Crippen molar-refractivity contribution in [2.75, 3.05) is 7.05 Å². The SMILES string of the molecule is CN(C(=O)OC(C)(C)C)C(C)(C=O)c1cc([N+](=O)[O-])ccc1O. The molecule has 1 amide bonds. The van der Waals surface area contributed by atoms with Gasteiger partial charge in [-0.1, -0.05) is 0 Å². The molecular weight excluding hydrogens is 304 g/mol. The molecule has 0 aliphatic heterocycles. The Morgan fingerprint density at radius 3 is 2.35 bits per heavy atom. The van der Waals surface area contributed by atoms with E-state index in [9.17, 15) is 24.8 Å². The van der Waals surface area contributed by atoms with Gasteiger partial charge in [-0.05, 0) is 33.8 Å². The number of carbonyl (C=O) groups is 2. The van der Waals surface area contributed by atoms with Crippen LogP contribution < -0.4 is 0 Å². The largest absolute Gasteiger partial charge is 0.508 e. The second-order valence-electron chi connectivity index (χ2n) is 6.26. The molecular formula is C15H20N2O6. The van der Waals surface area contributed by atoms with Crippen LogP contribution in [0.4, 0.5) is 10.5 Å². The third-order valence-electron chi connectivity index (χ3n) is 3.33. The van der Waals surface area contributed by atoms with E-state index in [-0.39, 0.29) is 17.0 Å². The van der Waals surface area contributed by atoms with Crippen LogP contribution in [-0.2, 0) is 15.1 Å². The van der Waals surface area contributed by atoms with Crippen molar-refractivity contribution in [1.82, 2.24) is 4.90 Å². The van der Waals surface area contributed by atoms with Gasteiger partial charge in [0.15, 0.2) is 0 Å². The number of nitro groups is 1. The predicted molar refractivity (Wildman–Crippen MR) is 82.2 cm³/mol. The molecule has 0 saturated carbocycles. The molecule has 0 saturated heterocycles. The Hall–Kier alpha value is -2.64. The van der Waals surface area contributed by atoms with Crippen molar-refractivity contribution in [2.45, 2.75) is 38.8 Å². The van der Waals surface area contributed by atoms with E-state index in [4.69, 9.17) is 4.74 Å². The number of non-ortho nitro benzene ring substituents is 1. The first-order valence-corrected chi connectivity index (χ1v) is 6.83. The number of phenols is 1. The summed E-state index contributed by atoms with van der Waals surface area (Å²) in [5.74, 6) is -0.333. The summed E-state index contributed by atoms with van der Waals surface area (Å²) >= 11 is 0. The molecule has 23 heavy (non-hydrogen) atoms. The van der Waals surface area contributed by atoms with Crippen molar-refractivity contribution in [3.05, 3.63) is 33.9 Å². The average Bonchev–Trinajstić information content (AvgIpc) is 2.44. The van der Waals surface area contributed by atoms with Crippen LogP contribution in [0.1, 0.15) is 33.3 Å². The van der Waals surface area contributed by atoms with E-state index in [0.717, 1.165) is 23.1 Å². The van der Waals surface area contributed by atoms with Gasteiger partial charge >= 0.3 is 6.09 Å². The highest BCUT2D eigenvalue weighted by Crippen LogP contribution is 2.35. The van der Waals surface area contributed by atoms with Crippen LogP contribution in [-0.4, -0.2) is 40.0 Å². The van der Waals surface area contributed by atoms with Gasteiger partial charge in [-0.2, -0.15) is 0 Å². The van der Waals surface area contributed by atoms with Gasteiger partial charge in [0.2, 0.25) is 0 Å². The molecule has 0 radical (unpaired) electrons. The van der Waals surface area contributed by atoms with E-state index in [1.54, 1.807) is 20.8 Å². The fourth-order valence-electron chi connectivity index (χ4n) is 1.89. The first-order valence-electron chi connectivity index (χ1n) is 6.83. The van der Waals surface area contributed by atoms with Gasteiger partial charge in [0.05, 0.1) is 4.92 Å². The summed E-state index contributed by atoms with van der Waals surface area (Å²) in [7, 11) is 1.32. The first-order chi connectivity index (χ1) is 10.4. The molecule has 1 atom stereocenters. The van der Waals surface area contributed by atoms with E-state index in [2.05, 4.69) is 0 Å². The summed E-state index contributed by atoms with van der Waals surface area (Å²) in [5.41, 5.74) is -2.77. The minimum Gasteiger partial charge on any atom is -0.508 e. The fraction of sp³-hybridized carbons (Fsp3) is 0.467. The lowest BCUT2D eigenvalue weighted by molar-refractivity contribution is -0.385. The molecule has 1 rings (SSSR count). The average molecular weight is 324 g/mol. The first kappa shape index (κ1) is 18.4. The Morgan fingerprint density at radius 2 is 1.91 bits per heavy atom. The van der Waals surface area contributed by atoms with Crippen LogP contribution in [0.2, 0.25) is 0 Å². The smallest absolute Gasteiger partial charge is 0.411 e. The maximum Gasteiger partial charge on any atom is 0.411 e. The van der Waals surface area contributed by atoms with Crippen molar-refractivity contribution in [2.24, 2.45) is 0 Å². The summed E-state index contributed by atoms with van der Waals surface area (Å²) < 4.78 is 5.20. The molecule has 1 unspecified atom stereocenters. The number of carbonyl (C=O) groups excluding carboxylic acids is 2. The van der Waals surface area contributed by atoms with E-state index in [1.807, 2.05) is 0 Å². The number of hydrogen-bond acceptors (Lipinski definition) is 6. The van der Waals surface area contributed by atoms with Gasteiger partial charge in [0.1, 0.15) is 23.2 Å². The molecule has 0 bridgehead atoms. The van der Waals surface area contributed by atoms with Crippen LogP contribution in [0.15, 0.2) is 18.2 Å². The minimum absolute atomic E-state index is 0.0601. The number of nitro benzene ring substituents is 1. The molecule has 126 valence electrons. The number of benzene rings is 1. The van der Waals surface area contributed by atoms with E-state index in [0.29, 0.717) is 6.29 Å². The summed E-state index contributed by atoms with van der Waals surface area (Å²) in [4.78, 5) is 35.1. The summed E-state index contributed by atoms with van der Waals surface area (Å²) in [6, 6.07) is 3.28. The summed E-state index contributed by atoms with van der Waals surface area (Å²) in [5, 5.41) is 20.9. The van der Waals surface area contributed by atoms with Gasteiger partial charge in [-0.3, -0.25) is 15.0 Å². The highest BCUT2D eigenvalue weighted by Gasteiger charge is 2.39. The summed E-state index contributed by atoms with van der Waals surface area (Å²) in [6.07, 6.45) is -0.367. The maximum atomic E-state index is 12.2. The Kier molecular flexibility index (Phi) is 4.99. The zero-order valence-corrected chi connectivity index (χ0v) is 13.7. The van der Waals surface area contributed by atoms with Gasteiger partial charge in [-0.25, -0.2) is 4.79 Å². The van der Waals surface area contributed by atoms with Gasteiger partial charge in [0.25, 0.3) is 5.69 Å². The number of aromatic hydroxyl groups is 1. The third-order valence-corrected chi connectivity index (χ3v) is 3.33. The second kappa shape index (κ2) is 6.23. The molecule has 0 aliphatic rings. The van der Waals surface area contributed by atoms with Crippen LogP contribution in [0.5, 0.6) is 5.75 Å². The Morgan fingerprint density at radius 1 is 1.35 bits per heavy atom. The molecule has 1 aromatic rings. The molecule has 1 N–H and O–H groups in total. The van der Waals surface area contributed by atoms with Crippen LogP contribution in [0.3, 0.4) is 0 Å². The monoisotopic (exact) mass is 324 g/mol. The molecule has 0 heterocycles. The van der Waals surface area contributed by atoms with Crippen LogP contribution in [0.25, 0.3) is 0 Å². The van der Waals surface area contributed by atoms with E-state index >= 15 is 0 Å². The van der Waals surface area contributed by atoms with Crippen molar-refractivity contribution in [3.63, 3.8) is 0 Å². The number of likely N-dealkylation sites (N-methyl/N-ethyl adjacent to an activating group) is 1. The lowest BCUT2D eigenvalue weighted by Crippen LogP contribution is -2.48. The standard InChI is InChI=1S/C15H20N2O6/c1-14(2,3)23-13(20)16(5)15(4,9-18)11-8-10(17(21)22)6-7-12(11)19/h6-9,19H,1-5H3. The number of rotatable bonds is 4. The molecule has 8 nitrogen and oxygen atoms in total. The number of ether oxygens (including phenoxy) is 1. The normalized spacial score (nSPS) is 13.8. The minimum atomic E-state index is -1.63. The number of hydrogen-bond donors (Lipinski definition) is 1. The van der Waals surface area contributed by atoms with Crippen LogP contribution in [0, 0.1) is 10.1 Å². The third kappa shape index (κ3) is 3.97. The molecule has 0 fully saturated rings. The predicted octanol–water partition coefficient (Wildman–Crippen LogP) is 2.58. The molecule has 8 heteroatoms. The number of aldehydes is 1. The summed E-state index contributed by atoms with van der Waals surface area (Å²) in [6.45, 7) is 6.37. The molecule has 0 spiro atoms. The Balaban J connectivity index is 3.34. The van der Waals surface area contributed by atoms with E-state index in [1.165, 1.54) is 14.0 Å². The van der Waals surface area contributed by atoms with Crippen molar-refractivity contribution >= 4 is 18.1 Å². The zero-order chi connectivity index (χ0) is 18.0. The topological polar surface area (TPSA) is 110 Å². The van der Waals surface area contributed by atoms with Gasteiger partial charge in [-0.15, -0.1) is 0 Å². The lowest BCUT2D eigenvalue weighted by Gasteiger charge is -2.35. The maximum absolute atomic E-state index is 12.2. The van der Waals surface area contributed by atoms with E-state index < -0.39 is 22.2 Å². The highest BCUT2D eigenvalue weighted by atomic mass is 16.6. The number of nitrogens with zero attached hydrogens (tertiary/aromatic N) is 2. The van der Waals surface area contributed by atoms with Crippen molar-refractivity contribution < 1.29 is 24.4 Å². The molecule has 0 aliphatic carbocycles. The molecule has 0 aromatic heterocycles. The van der Waals surface area contributed by atoms with Crippen molar-refractivity contribution in [1.29, 1.82) is 0 Å². The number of phenolic OH excluding ortho intramolecular Hbond substituents is 1. The van der Waals surface area contributed by atoms with Gasteiger partial charge < -0.3 is 14.6 Å². The zero-order valence-electron chi connectivity index (χ0n) is 13.7. The van der Waals surface area contributed by atoms with Gasteiger partial charge in [0, 0.05) is 24.7 Å². The van der Waals surface area contributed by atoms with Crippen LogP contribution >= 0.6 is 0 Å². The molecule has 1 aromatic carbocycles. The van der Waals surface area contributed by atoms with Crippen molar-refractivity contribution in [3.8, 4) is 5.75 Å².